The van der Waals surface area contributed by atoms with Crippen LogP contribution in [0, 0.1) is 0 Å². The molecule has 0 saturated heterocycles. The number of hydrogen-bond donors (Lipinski definition) is 1. The Bertz CT molecular complexity index is 479. The number of carbonyl (C=O) groups is 1. The number of carbonyl (C=O) groups excluding carboxylic acids is 1. The maximum atomic E-state index is 12.7. The largest absolute Gasteiger partial charge is 0.385 e. The molecule has 1 amide bonds. The minimum absolute atomic E-state index is 0.0581. The van der Waals surface area contributed by atoms with Gasteiger partial charge in [0.05, 0.1) is 11.9 Å². The van der Waals surface area contributed by atoms with Crippen molar-refractivity contribution in [3.8, 4) is 0 Å². The second-order valence-corrected chi connectivity index (χ2v) is 6.43. The first-order chi connectivity index (χ1) is 9.92. The van der Waals surface area contributed by atoms with E-state index in [0.29, 0.717) is 17.2 Å². The van der Waals surface area contributed by atoms with E-state index in [4.69, 9.17) is 0 Å². The van der Waals surface area contributed by atoms with E-state index < -0.39 is 0 Å². The van der Waals surface area contributed by atoms with Crippen molar-refractivity contribution in [2.75, 3.05) is 31.4 Å². The zero-order valence-corrected chi connectivity index (χ0v) is 14.6. The maximum Gasteiger partial charge on any atom is 0.274 e. The summed E-state index contributed by atoms with van der Waals surface area (Å²) in [6, 6.07) is 0.187. The summed E-state index contributed by atoms with van der Waals surface area (Å²) in [5.74, 6) is 1.88. The number of anilines is 1. The maximum absolute atomic E-state index is 12.7. The molecule has 0 radical (unpaired) electrons. The Morgan fingerprint density at radius 1 is 1.43 bits per heavy atom. The topological polar surface area (TPSA) is 58.1 Å². The monoisotopic (exact) mass is 310 g/mol. The van der Waals surface area contributed by atoms with Crippen molar-refractivity contribution >= 4 is 23.4 Å². The number of nitrogens with one attached hydrogen (secondary N) is 1. The van der Waals surface area contributed by atoms with Crippen LogP contribution >= 0.6 is 11.8 Å². The van der Waals surface area contributed by atoms with Gasteiger partial charge in [0.15, 0.2) is 5.69 Å². The van der Waals surface area contributed by atoms with Gasteiger partial charge in [0.2, 0.25) is 0 Å². The molecule has 0 aromatic carbocycles. The van der Waals surface area contributed by atoms with Crippen LogP contribution in [0.4, 0.5) is 5.69 Å². The van der Waals surface area contributed by atoms with E-state index in [9.17, 15) is 4.79 Å². The molecular formula is C15H26N4OS. The van der Waals surface area contributed by atoms with Gasteiger partial charge in [-0.3, -0.25) is 4.79 Å². The normalized spacial score (nSPS) is 12.3. The summed E-state index contributed by atoms with van der Waals surface area (Å²) in [5.41, 5.74) is 1.13. The molecular weight excluding hydrogens is 284 g/mol. The molecule has 1 rings (SSSR count). The molecule has 0 saturated carbocycles. The number of nitrogens with zero attached hydrogens (tertiary/aromatic N) is 3. The standard InChI is InChI=1S/C15H26N4OS/c1-10(2)14-17-9-12(16-4)13(18-14)15(20)19(5)11(3)7-8-21-6/h9-11,16H,7-8H2,1-6H3. The Balaban J connectivity index is 3.01. The summed E-state index contributed by atoms with van der Waals surface area (Å²) in [4.78, 5) is 23.2. The summed E-state index contributed by atoms with van der Waals surface area (Å²) in [7, 11) is 3.62. The smallest absolute Gasteiger partial charge is 0.274 e. The molecule has 6 heteroatoms. The van der Waals surface area contributed by atoms with Gasteiger partial charge in [-0.25, -0.2) is 9.97 Å². The third-order valence-corrected chi connectivity index (χ3v) is 4.16. The van der Waals surface area contributed by atoms with Crippen LogP contribution in [0.2, 0.25) is 0 Å². The van der Waals surface area contributed by atoms with E-state index in [0.717, 1.165) is 12.2 Å². The molecule has 1 aromatic heterocycles. The molecule has 1 unspecified atom stereocenters. The van der Waals surface area contributed by atoms with Crippen molar-refractivity contribution in [2.24, 2.45) is 0 Å². The molecule has 0 aliphatic rings. The molecule has 0 fully saturated rings. The average molecular weight is 310 g/mol. The zero-order valence-electron chi connectivity index (χ0n) is 13.8. The summed E-state index contributed by atoms with van der Waals surface area (Å²) >= 11 is 1.79. The van der Waals surface area contributed by atoms with Crippen molar-refractivity contribution in [3.63, 3.8) is 0 Å². The Morgan fingerprint density at radius 3 is 2.62 bits per heavy atom. The van der Waals surface area contributed by atoms with Crippen LogP contribution in [-0.2, 0) is 0 Å². The molecule has 118 valence electrons. The molecule has 1 aromatic rings. The highest BCUT2D eigenvalue weighted by atomic mass is 32.2. The third-order valence-electron chi connectivity index (χ3n) is 3.52. The molecule has 1 atom stereocenters. The number of rotatable bonds is 7. The summed E-state index contributed by atoms with van der Waals surface area (Å²) < 4.78 is 0. The lowest BCUT2D eigenvalue weighted by Gasteiger charge is -2.25. The lowest BCUT2D eigenvalue weighted by molar-refractivity contribution is 0.0736. The first kappa shape index (κ1) is 17.8. The van der Waals surface area contributed by atoms with Crippen molar-refractivity contribution in [1.82, 2.24) is 14.9 Å². The first-order valence-corrected chi connectivity index (χ1v) is 8.62. The van der Waals surface area contributed by atoms with Crippen LogP contribution in [0.5, 0.6) is 0 Å². The van der Waals surface area contributed by atoms with Crippen molar-refractivity contribution in [2.45, 2.75) is 39.2 Å². The second kappa shape index (κ2) is 8.22. The highest BCUT2D eigenvalue weighted by molar-refractivity contribution is 7.98. The van der Waals surface area contributed by atoms with Gasteiger partial charge in [0, 0.05) is 26.1 Å². The van der Waals surface area contributed by atoms with Gasteiger partial charge < -0.3 is 10.2 Å². The van der Waals surface area contributed by atoms with Gasteiger partial charge in [-0.15, -0.1) is 0 Å². The summed E-state index contributed by atoms with van der Waals surface area (Å²) in [5, 5.41) is 3.00. The van der Waals surface area contributed by atoms with Gasteiger partial charge in [-0.05, 0) is 25.4 Å². The fraction of sp³-hybridized carbons (Fsp3) is 0.667. The van der Waals surface area contributed by atoms with E-state index in [1.54, 1.807) is 29.9 Å². The Labute approximate surface area is 131 Å². The third kappa shape index (κ3) is 4.59. The number of amides is 1. The molecule has 5 nitrogen and oxygen atoms in total. The van der Waals surface area contributed by atoms with E-state index in [-0.39, 0.29) is 17.9 Å². The fourth-order valence-corrected chi connectivity index (χ4v) is 2.45. The molecule has 0 spiro atoms. The molecule has 0 aliphatic heterocycles. The molecule has 1 N–H and O–H groups in total. The predicted octanol–water partition coefficient (Wildman–Crippen LogP) is 2.86. The quantitative estimate of drug-likeness (QED) is 0.839. The molecule has 21 heavy (non-hydrogen) atoms. The van der Waals surface area contributed by atoms with Crippen molar-refractivity contribution in [3.05, 3.63) is 17.7 Å². The van der Waals surface area contributed by atoms with Gasteiger partial charge in [0.1, 0.15) is 5.82 Å². The number of hydrogen-bond acceptors (Lipinski definition) is 5. The van der Waals surface area contributed by atoms with E-state index in [2.05, 4.69) is 28.5 Å². The lowest BCUT2D eigenvalue weighted by Crippen LogP contribution is -2.36. The minimum atomic E-state index is -0.0581. The van der Waals surface area contributed by atoms with Gasteiger partial charge in [-0.1, -0.05) is 13.8 Å². The van der Waals surface area contributed by atoms with Crippen LogP contribution in [-0.4, -0.2) is 52.9 Å². The van der Waals surface area contributed by atoms with Crippen LogP contribution < -0.4 is 5.32 Å². The van der Waals surface area contributed by atoms with Crippen LogP contribution in [0.1, 0.15) is 49.4 Å². The van der Waals surface area contributed by atoms with Gasteiger partial charge in [0.25, 0.3) is 5.91 Å². The Hall–Kier alpha value is -1.30. The molecule has 0 aliphatic carbocycles. The fourth-order valence-electron chi connectivity index (χ4n) is 1.87. The lowest BCUT2D eigenvalue weighted by atomic mass is 10.1. The average Bonchev–Trinajstić information content (AvgIpc) is 2.50. The highest BCUT2D eigenvalue weighted by Crippen LogP contribution is 2.19. The second-order valence-electron chi connectivity index (χ2n) is 5.44. The van der Waals surface area contributed by atoms with E-state index in [1.807, 2.05) is 20.9 Å². The number of aromatic nitrogens is 2. The first-order valence-electron chi connectivity index (χ1n) is 7.23. The van der Waals surface area contributed by atoms with E-state index >= 15 is 0 Å². The number of thioether (sulfide) groups is 1. The zero-order chi connectivity index (χ0) is 16.0. The highest BCUT2D eigenvalue weighted by Gasteiger charge is 2.22. The van der Waals surface area contributed by atoms with Crippen LogP contribution in [0.3, 0.4) is 0 Å². The van der Waals surface area contributed by atoms with Crippen LogP contribution in [0.15, 0.2) is 6.20 Å². The summed E-state index contributed by atoms with van der Waals surface area (Å²) in [6.07, 6.45) is 4.74. The van der Waals surface area contributed by atoms with Gasteiger partial charge >= 0.3 is 0 Å². The van der Waals surface area contributed by atoms with Crippen molar-refractivity contribution < 1.29 is 4.79 Å². The molecule has 1 heterocycles. The van der Waals surface area contributed by atoms with Gasteiger partial charge in [-0.2, -0.15) is 11.8 Å². The van der Waals surface area contributed by atoms with Crippen LogP contribution in [0.25, 0.3) is 0 Å². The molecule has 0 bridgehead atoms. The van der Waals surface area contributed by atoms with Crippen molar-refractivity contribution in [1.29, 1.82) is 0 Å². The predicted molar refractivity (Wildman–Crippen MR) is 90.2 cm³/mol. The van der Waals surface area contributed by atoms with E-state index in [1.165, 1.54) is 0 Å². The Morgan fingerprint density at radius 2 is 2.10 bits per heavy atom. The Kier molecular flexibility index (Phi) is 6.95. The minimum Gasteiger partial charge on any atom is -0.385 e. The summed E-state index contributed by atoms with van der Waals surface area (Å²) in [6.45, 7) is 6.11. The SMILES string of the molecule is CNc1cnc(C(C)C)nc1C(=O)N(C)C(C)CCSC.